The van der Waals surface area contributed by atoms with Crippen LogP contribution in [0.1, 0.15) is 37.3 Å². The van der Waals surface area contributed by atoms with Crippen LogP contribution in [0.25, 0.3) is 11.0 Å². The number of carbonyl (C=O) groups is 1. The number of amides is 1. The maximum Gasteiger partial charge on any atom is 0.236 e. The van der Waals surface area contributed by atoms with Crippen molar-refractivity contribution in [3.63, 3.8) is 0 Å². The van der Waals surface area contributed by atoms with Crippen LogP contribution in [0.5, 0.6) is 0 Å². The SMILES string of the molecule is O=C(CN1CCC[C@H](c2ccc3cn[nH]c3n2)C1)N1CCCC1. The Labute approximate surface area is 135 Å². The van der Waals surface area contributed by atoms with E-state index in [2.05, 4.69) is 27.2 Å². The van der Waals surface area contributed by atoms with Gasteiger partial charge in [-0.2, -0.15) is 5.10 Å². The molecule has 6 nitrogen and oxygen atoms in total. The number of fused-ring (bicyclic) bond motifs is 1. The van der Waals surface area contributed by atoms with Crippen LogP contribution >= 0.6 is 0 Å². The van der Waals surface area contributed by atoms with Gasteiger partial charge in [0.2, 0.25) is 5.91 Å². The molecular weight excluding hydrogens is 290 g/mol. The van der Waals surface area contributed by atoms with Crippen molar-refractivity contribution in [2.45, 2.75) is 31.6 Å². The van der Waals surface area contributed by atoms with E-state index < -0.39 is 0 Å². The Morgan fingerprint density at radius 1 is 1.22 bits per heavy atom. The fraction of sp³-hybridized carbons (Fsp3) is 0.588. The third-order valence-corrected chi connectivity index (χ3v) is 5.06. The maximum atomic E-state index is 12.4. The van der Waals surface area contributed by atoms with E-state index in [0.717, 1.165) is 68.6 Å². The van der Waals surface area contributed by atoms with E-state index >= 15 is 0 Å². The first-order valence-corrected chi connectivity index (χ1v) is 8.60. The molecule has 0 unspecified atom stereocenters. The van der Waals surface area contributed by atoms with Gasteiger partial charge in [0.05, 0.1) is 12.7 Å². The molecule has 2 aromatic heterocycles. The summed E-state index contributed by atoms with van der Waals surface area (Å²) in [6.07, 6.45) is 6.38. The summed E-state index contributed by atoms with van der Waals surface area (Å²) < 4.78 is 0. The Balaban J connectivity index is 1.42. The molecule has 4 heterocycles. The number of carbonyl (C=O) groups excluding carboxylic acids is 1. The summed E-state index contributed by atoms with van der Waals surface area (Å²) in [5.41, 5.74) is 1.97. The number of aromatic amines is 1. The molecule has 23 heavy (non-hydrogen) atoms. The zero-order chi connectivity index (χ0) is 15.6. The first-order chi connectivity index (χ1) is 11.3. The van der Waals surface area contributed by atoms with Gasteiger partial charge in [-0.15, -0.1) is 0 Å². The lowest BCUT2D eigenvalue weighted by molar-refractivity contribution is -0.131. The molecule has 2 aromatic rings. The van der Waals surface area contributed by atoms with Gasteiger partial charge in [-0.3, -0.25) is 14.8 Å². The number of rotatable bonds is 3. The number of nitrogens with zero attached hydrogens (tertiary/aromatic N) is 4. The summed E-state index contributed by atoms with van der Waals surface area (Å²) in [5, 5.41) is 8.03. The van der Waals surface area contributed by atoms with Crippen molar-refractivity contribution in [2.75, 3.05) is 32.7 Å². The highest BCUT2D eigenvalue weighted by Crippen LogP contribution is 2.26. The molecule has 0 spiro atoms. The Bertz CT molecular complexity index is 691. The molecule has 122 valence electrons. The zero-order valence-electron chi connectivity index (χ0n) is 13.4. The first kappa shape index (κ1) is 14.6. The van der Waals surface area contributed by atoms with Gasteiger partial charge in [-0.05, 0) is 44.4 Å². The van der Waals surface area contributed by atoms with Crippen molar-refractivity contribution in [2.24, 2.45) is 0 Å². The number of hydrogen-bond acceptors (Lipinski definition) is 4. The predicted molar refractivity (Wildman–Crippen MR) is 88.1 cm³/mol. The molecule has 2 fully saturated rings. The molecule has 0 bridgehead atoms. The predicted octanol–water partition coefficient (Wildman–Crippen LogP) is 1.76. The fourth-order valence-corrected chi connectivity index (χ4v) is 3.77. The number of hydrogen-bond donors (Lipinski definition) is 1. The highest BCUT2D eigenvalue weighted by Gasteiger charge is 2.26. The lowest BCUT2D eigenvalue weighted by Crippen LogP contribution is -2.43. The number of aromatic nitrogens is 3. The minimum atomic E-state index is 0.292. The molecule has 4 rings (SSSR count). The number of likely N-dealkylation sites (tertiary alicyclic amines) is 2. The third kappa shape index (κ3) is 3.08. The van der Waals surface area contributed by atoms with Crippen molar-refractivity contribution in [1.29, 1.82) is 0 Å². The highest BCUT2D eigenvalue weighted by molar-refractivity contribution is 5.78. The van der Waals surface area contributed by atoms with Crippen LogP contribution in [0, 0.1) is 0 Å². The van der Waals surface area contributed by atoms with E-state index in [1.54, 1.807) is 6.20 Å². The molecule has 0 radical (unpaired) electrons. The van der Waals surface area contributed by atoms with Gasteiger partial charge in [0.25, 0.3) is 0 Å². The van der Waals surface area contributed by atoms with Gasteiger partial charge in [0, 0.05) is 36.6 Å². The van der Waals surface area contributed by atoms with Crippen molar-refractivity contribution < 1.29 is 4.79 Å². The Hall–Kier alpha value is -1.95. The molecule has 1 atom stereocenters. The molecule has 1 N–H and O–H groups in total. The van der Waals surface area contributed by atoms with Crippen LogP contribution < -0.4 is 0 Å². The minimum absolute atomic E-state index is 0.292. The Kier molecular flexibility index (Phi) is 3.99. The second kappa shape index (κ2) is 6.28. The smallest absolute Gasteiger partial charge is 0.236 e. The summed E-state index contributed by atoms with van der Waals surface area (Å²) in [6, 6.07) is 4.18. The van der Waals surface area contributed by atoms with Crippen LogP contribution in [0.3, 0.4) is 0 Å². The van der Waals surface area contributed by atoms with Crippen LogP contribution in [-0.4, -0.2) is 63.6 Å². The van der Waals surface area contributed by atoms with E-state index in [4.69, 9.17) is 4.98 Å². The van der Waals surface area contributed by atoms with Crippen molar-refractivity contribution in [3.05, 3.63) is 24.0 Å². The average Bonchev–Trinajstić information content (AvgIpc) is 3.26. The van der Waals surface area contributed by atoms with Gasteiger partial charge >= 0.3 is 0 Å². The molecule has 1 amide bonds. The second-order valence-corrected chi connectivity index (χ2v) is 6.71. The summed E-state index contributed by atoms with van der Waals surface area (Å²) in [6.45, 7) is 4.37. The summed E-state index contributed by atoms with van der Waals surface area (Å²) in [7, 11) is 0. The van der Waals surface area contributed by atoms with Gasteiger partial charge in [0.15, 0.2) is 5.65 Å². The normalized spacial score (nSPS) is 22.8. The molecule has 0 aliphatic carbocycles. The highest BCUT2D eigenvalue weighted by atomic mass is 16.2. The van der Waals surface area contributed by atoms with E-state index in [-0.39, 0.29) is 0 Å². The van der Waals surface area contributed by atoms with E-state index in [9.17, 15) is 4.79 Å². The van der Waals surface area contributed by atoms with Gasteiger partial charge in [0.1, 0.15) is 0 Å². The van der Waals surface area contributed by atoms with Crippen LogP contribution in [0.15, 0.2) is 18.3 Å². The Morgan fingerprint density at radius 3 is 2.96 bits per heavy atom. The molecular formula is C17H23N5O. The zero-order valence-corrected chi connectivity index (χ0v) is 13.4. The lowest BCUT2D eigenvalue weighted by atomic mass is 9.94. The molecule has 6 heteroatoms. The van der Waals surface area contributed by atoms with E-state index in [1.807, 2.05) is 4.90 Å². The van der Waals surface area contributed by atoms with Gasteiger partial charge in [-0.1, -0.05) is 0 Å². The average molecular weight is 313 g/mol. The number of nitrogens with one attached hydrogen (secondary N) is 1. The number of pyridine rings is 1. The third-order valence-electron chi connectivity index (χ3n) is 5.06. The molecule has 2 aliphatic rings. The summed E-state index contributed by atoms with van der Waals surface area (Å²) in [4.78, 5) is 21.4. The van der Waals surface area contributed by atoms with Crippen LogP contribution in [-0.2, 0) is 4.79 Å². The molecule has 0 saturated carbocycles. The lowest BCUT2D eigenvalue weighted by Gasteiger charge is -2.33. The van der Waals surface area contributed by atoms with Crippen LogP contribution in [0.4, 0.5) is 0 Å². The monoisotopic (exact) mass is 313 g/mol. The number of piperidine rings is 1. The standard InChI is InChI=1S/C17H23N5O/c23-16(22-8-1-2-9-22)12-21-7-3-4-14(11-21)15-6-5-13-10-18-20-17(13)19-15/h5-6,10,14H,1-4,7-9,11-12H2,(H,18,19,20)/t14-/m0/s1. The quantitative estimate of drug-likeness (QED) is 0.938. The first-order valence-electron chi connectivity index (χ1n) is 8.60. The van der Waals surface area contributed by atoms with Crippen molar-refractivity contribution >= 4 is 16.9 Å². The van der Waals surface area contributed by atoms with E-state index in [1.165, 1.54) is 0 Å². The number of H-pyrrole nitrogens is 1. The van der Waals surface area contributed by atoms with Crippen molar-refractivity contribution in [3.8, 4) is 0 Å². The van der Waals surface area contributed by atoms with Crippen LogP contribution in [0.2, 0.25) is 0 Å². The summed E-state index contributed by atoms with van der Waals surface area (Å²) >= 11 is 0. The Morgan fingerprint density at radius 2 is 2.09 bits per heavy atom. The molecule has 2 aliphatic heterocycles. The molecule has 0 aromatic carbocycles. The van der Waals surface area contributed by atoms with Gasteiger partial charge < -0.3 is 4.90 Å². The topological polar surface area (TPSA) is 65.1 Å². The van der Waals surface area contributed by atoms with E-state index in [0.29, 0.717) is 18.4 Å². The second-order valence-electron chi connectivity index (χ2n) is 6.71. The minimum Gasteiger partial charge on any atom is -0.342 e. The maximum absolute atomic E-state index is 12.4. The molecule has 2 saturated heterocycles. The van der Waals surface area contributed by atoms with Gasteiger partial charge in [-0.25, -0.2) is 4.98 Å². The summed E-state index contributed by atoms with van der Waals surface area (Å²) in [5.74, 6) is 0.697. The largest absolute Gasteiger partial charge is 0.342 e. The van der Waals surface area contributed by atoms with Crippen molar-refractivity contribution in [1.82, 2.24) is 25.0 Å². The fourth-order valence-electron chi connectivity index (χ4n) is 3.77.